The molecule has 2 aromatic carbocycles. The van der Waals surface area contributed by atoms with Crippen molar-refractivity contribution in [3.05, 3.63) is 48.0 Å². The van der Waals surface area contributed by atoms with Crippen molar-refractivity contribution >= 4 is 42.6 Å². The maximum atomic E-state index is 3.86. The Morgan fingerprint density at radius 2 is 1.60 bits per heavy atom. The standard InChI is InChI=1S/C18H22Br2/c19-13-6-2-1-3-11-17(20)14-16-10-7-9-15-8-4-5-12-18(15)16/h4-5,7-10,12,17H,1-3,6,11,13-14H2. The van der Waals surface area contributed by atoms with Crippen LogP contribution in [0.4, 0.5) is 0 Å². The fourth-order valence-corrected chi connectivity index (χ4v) is 3.69. The van der Waals surface area contributed by atoms with Crippen molar-refractivity contribution in [2.24, 2.45) is 0 Å². The summed E-state index contributed by atoms with van der Waals surface area (Å²) < 4.78 is 0. The molecule has 0 spiro atoms. The fourth-order valence-electron chi connectivity index (χ4n) is 2.63. The second-order valence-corrected chi connectivity index (χ2v) is 7.42. The van der Waals surface area contributed by atoms with E-state index in [0.29, 0.717) is 4.83 Å². The minimum absolute atomic E-state index is 0.595. The fraction of sp³-hybridized carbons (Fsp3) is 0.444. The van der Waals surface area contributed by atoms with E-state index in [4.69, 9.17) is 0 Å². The van der Waals surface area contributed by atoms with Crippen LogP contribution in [-0.4, -0.2) is 10.2 Å². The van der Waals surface area contributed by atoms with Crippen LogP contribution in [0.5, 0.6) is 0 Å². The van der Waals surface area contributed by atoms with Gasteiger partial charge in [-0.1, -0.05) is 93.6 Å². The summed E-state index contributed by atoms with van der Waals surface area (Å²) in [6, 6.07) is 15.3. The van der Waals surface area contributed by atoms with Gasteiger partial charge in [0.2, 0.25) is 0 Å². The largest absolute Gasteiger partial charge is 0.0928 e. The molecule has 0 radical (unpaired) electrons. The molecule has 0 heterocycles. The van der Waals surface area contributed by atoms with Gasteiger partial charge in [-0.2, -0.15) is 0 Å². The first kappa shape index (κ1) is 16.0. The Hall–Kier alpha value is -0.340. The average molecular weight is 398 g/mol. The van der Waals surface area contributed by atoms with Crippen LogP contribution in [0.1, 0.15) is 37.7 Å². The first-order valence-electron chi connectivity index (χ1n) is 7.48. The molecule has 2 heteroatoms. The van der Waals surface area contributed by atoms with E-state index in [1.165, 1.54) is 48.4 Å². The van der Waals surface area contributed by atoms with Crippen molar-refractivity contribution in [1.29, 1.82) is 0 Å². The van der Waals surface area contributed by atoms with Crippen LogP contribution in [-0.2, 0) is 6.42 Å². The summed E-state index contributed by atoms with van der Waals surface area (Å²) in [5, 5.41) is 3.89. The van der Waals surface area contributed by atoms with E-state index in [1.54, 1.807) is 0 Å². The lowest BCUT2D eigenvalue weighted by atomic mass is 9.99. The third-order valence-corrected chi connectivity index (χ3v) is 5.06. The number of benzene rings is 2. The molecule has 0 saturated carbocycles. The predicted octanol–water partition coefficient (Wildman–Crippen LogP) is 6.49. The van der Waals surface area contributed by atoms with E-state index < -0.39 is 0 Å². The molecule has 0 nitrogen and oxygen atoms in total. The molecular weight excluding hydrogens is 376 g/mol. The van der Waals surface area contributed by atoms with E-state index >= 15 is 0 Å². The zero-order chi connectivity index (χ0) is 14.2. The van der Waals surface area contributed by atoms with Gasteiger partial charge in [0, 0.05) is 10.2 Å². The SMILES string of the molecule is BrCCCCCCC(Br)Cc1cccc2ccccc12. The van der Waals surface area contributed by atoms with Crippen molar-refractivity contribution in [3.8, 4) is 0 Å². The normalized spacial score (nSPS) is 12.7. The van der Waals surface area contributed by atoms with Gasteiger partial charge in [-0.05, 0) is 35.6 Å². The monoisotopic (exact) mass is 396 g/mol. The summed E-state index contributed by atoms with van der Waals surface area (Å²) in [5.74, 6) is 0. The first-order valence-corrected chi connectivity index (χ1v) is 9.51. The molecule has 0 fully saturated rings. The van der Waals surface area contributed by atoms with E-state index in [1.807, 2.05) is 0 Å². The van der Waals surface area contributed by atoms with E-state index in [2.05, 4.69) is 74.3 Å². The van der Waals surface area contributed by atoms with Crippen LogP contribution in [0, 0.1) is 0 Å². The number of alkyl halides is 2. The van der Waals surface area contributed by atoms with E-state index in [-0.39, 0.29) is 0 Å². The molecule has 0 aromatic heterocycles. The third-order valence-electron chi connectivity index (χ3n) is 3.72. The van der Waals surface area contributed by atoms with Gasteiger partial charge in [0.25, 0.3) is 0 Å². The van der Waals surface area contributed by atoms with Crippen molar-refractivity contribution in [2.45, 2.75) is 43.4 Å². The van der Waals surface area contributed by atoms with Crippen molar-refractivity contribution in [3.63, 3.8) is 0 Å². The van der Waals surface area contributed by atoms with Crippen molar-refractivity contribution in [2.75, 3.05) is 5.33 Å². The quantitative estimate of drug-likeness (QED) is 0.352. The highest BCUT2D eigenvalue weighted by atomic mass is 79.9. The number of hydrogen-bond donors (Lipinski definition) is 0. The lowest BCUT2D eigenvalue weighted by Gasteiger charge is -2.12. The number of halogens is 2. The van der Waals surface area contributed by atoms with E-state index in [0.717, 1.165) is 11.8 Å². The molecule has 2 rings (SSSR count). The molecule has 1 unspecified atom stereocenters. The Labute approximate surface area is 139 Å². The van der Waals surface area contributed by atoms with Gasteiger partial charge >= 0.3 is 0 Å². The highest BCUT2D eigenvalue weighted by Crippen LogP contribution is 2.23. The Morgan fingerprint density at radius 1 is 0.850 bits per heavy atom. The summed E-state index contributed by atoms with van der Waals surface area (Å²) >= 11 is 7.35. The van der Waals surface area contributed by atoms with Crippen LogP contribution in [0.25, 0.3) is 10.8 Å². The zero-order valence-electron chi connectivity index (χ0n) is 11.8. The highest BCUT2D eigenvalue weighted by Gasteiger charge is 2.08. The summed E-state index contributed by atoms with van der Waals surface area (Å²) in [7, 11) is 0. The van der Waals surface area contributed by atoms with Gasteiger partial charge in [-0.3, -0.25) is 0 Å². The summed E-state index contributed by atoms with van der Waals surface area (Å²) in [6.45, 7) is 0. The highest BCUT2D eigenvalue weighted by molar-refractivity contribution is 9.09. The Morgan fingerprint density at radius 3 is 2.45 bits per heavy atom. The van der Waals surface area contributed by atoms with Crippen molar-refractivity contribution in [1.82, 2.24) is 0 Å². The zero-order valence-corrected chi connectivity index (χ0v) is 15.0. The third kappa shape index (κ3) is 4.89. The van der Waals surface area contributed by atoms with Crippen molar-refractivity contribution < 1.29 is 0 Å². The maximum Gasteiger partial charge on any atom is 0.0186 e. The average Bonchev–Trinajstić information content (AvgIpc) is 2.47. The lowest BCUT2D eigenvalue weighted by Crippen LogP contribution is -2.03. The number of fused-ring (bicyclic) bond motifs is 1. The Balaban J connectivity index is 1.88. The van der Waals surface area contributed by atoms with Gasteiger partial charge in [0.1, 0.15) is 0 Å². The summed E-state index contributed by atoms with van der Waals surface area (Å²) in [4.78, 5) is 0.595. The minimum Gasteiger partial charge on any atom is -0.0928 e. The van der Waals surface area contributed by atoms with Gasteiger partial charge in [0.05, 0.1) is 0 Å². The topological polar surface area (TPSA) is 0 Å². The predicted molar refractivity (Wildman–Crippen MR) is 97.2 cm³/mol. The number of unbranched alkanes of at least 4 members (excludes halogenated alkanes) is 3. The molecule has 108 valence electrons. The molecular formula is C18H22Br2. The first-order chi connectivity index (χ1) is 9.81. The molecule has 0 N–H and O–H groups in total. The minimum atomic E-state index is 0.595. The second-order valence-electron chi connectivity index (χ2n) is 5.33. The van der Waals surface area contributed by atoms with Crippen LogP contribution in [0.15, 0.2) is 42.5 Å². The smallest absolute Gasteiger partial charge is 0.0186 e. The molecule has 1 atom stereocenters. The maximum absolute atomic E-state index is 3.86. The molecule has 0 aliphatic rings. The van der Waals surface area contributed by atoms with Gasteiger partial charge in [0.15, 0.2) is 0 Å². The molecule has 0 aliphatic heterocycles. The Bertz CT molecular complexity index is 516. The molecule has 0 aliphatic carbocycles. The lowest BCUT2D eigenvalue weighted by molar-refractivity contribution is 0.623. The Kier molecular flexibility index (Phi) is 7.09. The van der Waals surface area contributed by atoms with E-state index in [9.17, 15) is 0 Å². The van der Waals surface area contributed by atoms with Gasteiger partial charge < -0.3 is 0 Å². The van der Waals surface area contributed by atoms with Crippen LogP contribution >= 0.6 is 31.9 Å². The second kappa shape index (κ2) is 8.84. The van der Waals surface area contributed by atoms with Crippen LogP contribution < -0.4 is 0 Å². The van der Waals surface area contributed by atoms with Gasteiger partial charge in [-0.15, -0.1) is 0 Å². The molecule has 20 heavy (non-hydrogen) atoms. The number of rotatable bonds is 8. The molecule has 0 bridgehead atoms. The molecule has 0 amide bonds. The molecule has 2 aromatic rings. The van der Waals surface area contributed by atoms with Gasteiger partial charge in [-0.25, -0.2) is 0 Å². The summed E-state index contributed by atoms with van der Waals surface area (Å²) in [6.07, 6.45) is 7.72. The van der Waals surface area contributed by atoms with Crippen LogP contribution in [0.3, 0.4) is 0 Å². The van der Waals surface area contributed by atoms with Crippen LogP contribution in [0.2, 0.25) is 0 Å². The number of hydrogen-bond acceptors (Lipinski definition) is 0. The summed E-state index contributed by atoms with van der Waals surface area (Å²) in [5.41, 5.74) is 1.46. The molecule has 0 saturated heterocycles.